The predicted octanol–water partition coefficient (Wildman–Crippen LogP) is 3.15. The van der Waals surface area contributed by atoms with Crippen molar-refractivity contribution in [3.8, 4) is 5.75 Å². The summed E-state index contributed by atoms with van der Waals surface area (Å²) >= 11 is 1.26. The normalized spacial score (nSPS) is 13.6. The molecule has 1 aliphatic heterocycles. The first-order chi connectivity index (χ1) is 14.0. The standard InChI is InChI=1S/C20H19N3O4S2/c1-27-15-7-9-16(10-8-15)29(25,26)22-20-21-17-11-12-23(13-18(17)28-20)19(24)14-5-3-2-4-6-14/h2-10H,11-13H2,1H3,(H,21,22). The van der Waals surface area contributed by atoms with E-state index in [0.717, 1.165) is 10.6 Å². The summed E-state index contributed by atoms with van der Waals surface area (Å²) in [5.41, 5.74) is 1.47. The molecule has 0 aliphatic carbocycles. The summed E-state index contributed by atoms with van der Waals surface area (Å²) in [7, 11) is -2.23. The molecule has 0 fully saturated rings. The van der Waals surface area contributed by atoms with Crippen molar-refractivity contribution in [2.45, 2.75) is 17.9 Å². The maximum Gasteiger partial charge on any atom is 0.263 e. The molecule has 2 aromatic carbocycles. The maximum atomic E-state index is 12.7. The number of nitrogens with one attached hydrogen (secondary N) is 1. The molecule has 0 radical (unpaired) electrons. The molecule has 1 aromatic heterocycles. The highest BCUT2D eigenvalue weighted by molar-refractivity contribution is 7.93. The van der Waals surface area contributed by atoms with Crippen molar-refractivity contribution < 1.29 is 17.9 Å². The number of ether oxygens (including phenoxy) is 1. The number of fused-ring (bicyclic) bond motifs is 1. The molecule has 0 unspecified atom stereocenters. The van der Waals surface area contributed by atoms with Gasteiger partial charge in [-0.25, -0.2) is 13.4 Å². The molecule has 0 saturated heterocycles. The average molecular weight is 430 g/mol. The van der Waals surface area contributed by atoms with E-state index in [2.05, 4.69) is 9.71 Å². The molecule has 150 valence electrons. The van der Waals surface area contributed by atoms with Crippen LogP contribution in [0.15, 0.2) is 59.5 Å². The Balaban J connectivity index is 1.50. The predicted molar refractivity (Wildman–Crippen MR) is 111 cm³/mol. The number of rotatable bonds is 5. The smallest absolute Gasteiger partial charge is 0.263 e. The second kappa shape index (κ2) is 7.84. The number of amides is 1. The Labute approximate surface area is 173 Å². The van der Waals surface area contributed by atoms with Crippen LogP contribution in [0.5, 0.6) is 5.75 Å². The summed E-state index contributed by atoms with van der Waals surface area (Å²) in [4.78, 5) is 19.9. The Kier molecular flexibility index (Phi) is 5.25. The van der Waals surface area contributed by atoms with Crippen LogP contribution in [0.25, 0.3) is 0 Å². The molecule has 0 atom stereocenters. The Morgan fingerprint density at radius 1 is 1.14 bits per heavy atom. The van der Waals surface area contributed by atoms with Crippen molar-refractivity contribution >= 4 is 32.4 Å². The molecule has 0 bridgehead atoms. The van der Waals surface area contributed by atoms with Crippen molar-refractivity contribution in [2.75, 3.05) is 18.4 Å². The van der Waals surface area contributed by atoms with Gasteiger partial charge in [0.05, 0.1) is 24.2 Å². The van der Waals surface area contributed by atoms with Crippen LogP contribution in [0.2, 0.25) is 0 Å². The summed E-state index contributed by atoms with van der Waals surface area (Å²) in [6.45, 7) is 0.972. The molecule has 1 aliphatic rings. The van der Waals surface area contributed by atoms with Crippen LogP contribution in [-0.2, 0) is 23.0 Å². The van der Waals surface area contributed by atoms with E-state index in [9.17, 15) is 13.2 Å². The third-order valence-corrected chi connectivity index (χ3v) is 7.11. The first-order valence-electron chi connectivity index (χ1n) is 8.96. The van der Waals surface area contributed by atoms with Gasteiger partial charge in [0, 0.05) is 23.4 Å². The Bertz CT molecular complexity index is 1130. The molecule has 1 amide bonds. The SMILES string of the molecule is COc1ccc(S(=O)(=O)Nc2nc3c(s2)CN(C(=O)c2ccccc2)CC3)cc1. The number of benzene rings is 2. The van der Waals surface area contributed by atoms with Crippen LogP contribution in [-0.4, -0.2) is 37.9 Å². The largest absolute Gasteiger partial charge is 0.497 e. The number of nitrogens with zero attached hydrogens (tertiary/aromatic N) is 2. The first kappa shape index (κ1) is 19.4. The summed E-state index contributed by atoms with van der Waals surface area (Å²) in [6.07, 6.45) is 0.592. The van der Waals surface area contributed by atoms with Crippen molar-refractivity contribution in [2.24, 2.45) is 0 Å². The van der Waals surface area contributed by atoms with Gasteiger partial charge in [-0.15, -0.1) is 0 Å². The molecule has 9 heteroatoms. The zero-order chi connectivity index (χ0) is 20.4. The second-order valence-electron chi connectivity index (χ2n) is 6.51. The number of aromatic nitrogens is 1. The molecule has 7 nitrogen and oxygen atoms in total. The van der Waals surface area contributed by atoms with Crippen LogP contribution < -0.4 is 9.46 Å². The third-order valence-electron chi connectivity index (χ3n) is 4.63. The van der Waals surface area contributed by atoms with E-state index in [1.54, 1.807) is 29.2 Å². The molecule has 4 rings (SSSR count). The van der Waals surface area contributed by atoms with Gasteiger partial charge < -0.3 is 9.64 Å². The zero-order valence-electron chi connectivity index (χ0n) is 15.7. The van der Waals surface area contributed by atoms with Crippen molar-refractivity contribution in [3.63, 3.8) is 0 Å². The number of carbonyl (C=O) groups is 1. The average Bonchev–Trinajstić information content (AvgIpc) is 3.14. The topological polar surface area (TPSA) is 88.6 Å². The summed E-state index contributed by atoms with van der Waals surface area (Å²) in [5.74, 6) is 0.543. The molecular weight excluding hydrogens is 410 g/mol. The Hall–Kier alpha value is -2.91. The van der Waals surface area contributed by atoms with Crippen LogP contribution >= 0.6 is 11.3 Å². The van der Waals surface area contributed by atoms with Gasteiger partial charge in [-0.05, 0) is 36.4 Å². The van der Waals surface area contributed by atoms with E-state index in [-0.39, 0.29) is 10.8 Å². The Morgan fingerprint density at radius 3 is 2.55 bits per heavy atom. The third kappa shape index (κ3) is 4.10. The first-order valence-corrected chi connectivity index (χ1v) is 11.3. The highest BCUT2D eigenvalue weighted by atomic mass is 32.2. The van der Waals surface area contributed by atoms with E-state index >= 15 is 0 Å². The number of hydrogen-bond acceptors (Lipinski definition) is 6. The van der Waals surface area contributed by atoms with Crippen LogP contribution in [0.3, 0.4) is 0 Å². The molecule has 3 aromatic rings. The van der Waals surface area contributed by atoms with E-state index in [1.165, 1.54) is 30.6 Å². The Morgan fingerprint density at radius 2 is 1.86 bits per heavy atom. The number of carbonyl (C=O) groups excluding carboxylic acids is 1. The number of methoxy groups -OCH3 is 1. The molecule has 2 heterocycles. The van der Waals surface area contributed by atoms with Crippen LogP contribution in [0, 0.1) is 0 Å². The number of sulfonamides is 1. The molecule has 0 spiro atoms. The zero-order valence-corrected chi connectivity index (χ0v) is 17.3. The number of hydrogen-bond donors (Lipinski definition) is 1. The van der Waals surface area contributed by atoms with Crippen molar-refractivity contribution in [1.29, 1.82) is 0 Å². The fourth-order valence-corrected chi connectivity index (χ4v) is 5.36. The molecular formula is C20H19N3O4S2. The lowest BCUT2D eigenvalue weighted by atomic mass is 10.1. The highest BCUT2D eigenvalue weighted by Gasteiger charge is 2.26. The van der Waals surface area contributed by atoms with Gasteiger partial charge in [-0.3, -0.25) is 9.52 Å². The monoisotopic (exact) mass is 429 g/mol. The van der Waals surface area contributed by atoms with Crippen molar-refractivity contribution in [1.82, 2.24) is 9.88 Å². The van der Waals surface area contributed by atoms with E-state index < -0.39 is 10.0 Å². The van der Waals surface area contributed by atoms with Crippen LogP contribution in [0.4, 0.5) is 5.13 Å². The summed E-state index contributed by atoms with van der Waals surface area (Å²) in [6, 6.07) is 15.3. The van der Waals surface area contributed by atoms with E-state index in [0.29, 0.717) is 36.0 Å². The van der Waals surface area contributed by atoms with Gasteiger partial charge in [0.25, 0.3) is 15.9 Å². The maximum absolute atomic E-state index is 12.7. The van der Waals surface area contributed by atoms with Crippen LogP contribution in [0.1, 0.15) is 20.9 Å². The van der Waals surface area contributed by atoms with Gasteiger partial charge in [0.1, 0.15) is 5.75 Å². The molecule has 0 saturated carbocycles. The van der Waals surface area contributed by atoms with E-state index in [4.69, 9.17) is 4.74 Å². The highest BCUT2D eigenvalue weighted by Crippen LogP contribution is 2.30. The van der Waals surface area contributed by atoms with Gasteiger partial charge in [-0.2, -0.15) is 0 Å². The lowest BCUT2D eigenvalue weighted by Gasteiger charge is -2.26. The minimum Gasteiger partial charge on any atom is -0.497 e. The van der Waals surface area contributed by atoms with Gasteiger partial charge in [0.2, 0.25) is 0 Å². The van der Waals surface area contributed by atoms with E-state index in [1.807, 2.05) is 18.2 Å². The molecule has 1 N–H and O–H groups in total. The van der Waals surface area contributed by atoms with Crippen molar-refractivity contribution in [3.05, 3.63) is 70.7 Å². The summed E-state index contributed by atoms with van der Waals surface area (Å²) < 4.78 is 32.8. The van der Waals surface area contributed by atoms with Gasteiger partial charge in [-0.1, -0.05) is 29.5 Å². The lowest BCUT2D eigenvalue weighted by molar-refractivity contribution is 0.0736. The summed E-state index contributed by atoms with van der Waals surface area (Å²) in [5, 5.41) is 0.305. The number of thiazole rings is 1. The minimum atomic E-state index is -3.75. The second-order valence-corrected chi connectivity index (χ2v) is 9.28. The van der Waals surface area contributed by atoms with Gasteiger partial charge in [0.15, 0.2) is 5.13 Å². The van der Waals surface area contributed by atoms with Gasteiger partial charge >= 0.3 is 0 Å². The minimum absolute atomic E-state index is 0.0370. The molecule has 29 heavy (non-hydrogen) atoms. The number of anilines is 1. The fraction of sp³-hybridized carbons (Fsp3) is 0.200. The lowest BCUT2D eigenvalue weighted by Crippen LogP contribution is -2.35. The quantitative estimate of drug-likeness (QED) is 0.673. The fourth-order valence-electron chi connectivity index (χ4n) is 3.10.